The molecule has 10 nitrogen and oxygen atoms in total. The third-order valence-electron chi connectivity index (χ3n) is 22.4. The molecule has 0 aliphatic heterocycles. The molecule has 4 aliphatic rings. The summed E-state index contributed by atoms with van der Waals surface area (Å²) in [6, 6.07) is 70.8. The van der Waals surface area contributed by atoms with Crippen molar-refractivity contribution in [2.24, 2.45) is 0 Å². The van der Waals surface area contributed by atoms with Crippen LogP contribution in [0.15, 0.2) is 219 Å². The normalized spacial score (nSPS) is 13.7. The number of pyridine rings is 2. The van der Waals surface area contributed by atoms with Crippen molar-refractivity contribution >= 4 is 144 Å². The summed E-state index contributed by atoms with van der Waals surface area (Å²) in [6.07, 6.45) is 37.4. The van der Waals surface area contributed by atoms with Gasteiger partial charge in [0, 0.05) is 96.5 Å². The van der Waals surface area contributed by atoms with E-state index in [-0.39, 0.29) is 90.4 Å². The number of hydrogen-bond acceptors (Lipinski definition) is 4. The topological polar surface area (TPSA) is 91.8 Å². The zero-order valence-electron chi connectivity index (χ0n) is 72.3. The monoisotopic (exact) mass is 2450 g/mol. The molecule has 8 aromatic carbocycles. The maximum atomic E-state index is 6.60. The minimum atomic E-state index is -3.06. The van der Waals surface area contributed by atoms with Gasteiger partial charge in [0.25, 0.3) is 5.82 Å². The van der Waals surface area contributed by atoms with E-state index in [1.54, 1.807) is 0 Å². The Balaban J connectivity index is 0.000000296. The van der Waals surface area contributed by atoms with E-state index >= 15 is 0 Å². The number of rotatable bonds is 16. The van der Waals surface area contributed by atoms with Crippen LogP contribution in [0.25, 0.3) is 89.4 Å². The molecule has 0 bridgehead atoms. The van der Waals surface area contributed by atoms with Gasteiger partial charge in [-0.2, -0.15) is 10.6 Å². The molecule has 18 rings (SSSR count). The Kier molecular flexibility index (Phi) is 44.9. The van der Waals surface area contributed by atoms with Crippen LogP contribution >= 0.6 is 37.7 Å². The Hall–Kier alpha value is -3.24. The van der Waals surface area contributed by atoms with E-state index in [4.69, 9.17) is 52.1 Å². The van der Waals surface area contributed by atoms with Crippen molar-refractivity contribution in [1.82, 2.24) is 29.1 Å². The molecule has 1 N–H and O–H groups in total. The Labute approximate surface area is 821 Å². The van der Waals surface area contributed by atoms with Crippen LogP contribution in [0.2, 0.25) is 0 Å². The molecule has 0 atom stereocenters. The summed E-state index contributed by atoms with van der Waals surface area (Å²) in [4.78, 5) is 17.8. The van der Waals surface area contributed by atoms with Crippen LogP contribution in [0.5, 0.6) is 23.0 Å². The number of halogens is 4. The largest absolute Gasteiger partial charge is 2.00 e. The fourth-order valence-corrected chi connectivity index (χ4v) is 16.9. The van der Waals surface area contributed by atoms with Gasteiger partial charge in [-0.3, -0.25) is 9.55 Å². The number of ether oxygens (including phenoxy) is 2. The third kappa shape index (κ3) is 26.5. The number of hydrogen-bond donors (Lipinski definition) is 1. The van der Waals surface area contributed by atoms with E-state index in [2.05, 4.69) is 234 Å². The van der Waals surface area contributed by atoms with Gasteiger partial charge in [-0.1, -0.05) is 236 Å². The average Bonchev–Trinajstić information content (AvgIpc) is 1.59. The second-order valence-electron chi connectivity index (χ2n) is 31.3. The standard InChI is InChI=1S/C43H42N4O.C43H40N4O.2C5H10.4CH3.4ClH.2K.2Os.2Pt/c2*1-28(2)37-25-32(30-12-5-6-13-30)26-38(29(3)4)42(37)46-23-22-45-43(46)31-14-11-15-33(24-31)48-34-19-20-36-35-16-7-8-17-39(35)47(40(36)27-34)41-18-9-10-21-44-41;2*1-2-4-5-3-1;;;;;;;;;;;;;;/h7-11,14-30H,5-6,12-13H2,1-4H3;7-11,14-23,25-26,28-30H,5-6,12-13H2,1-4H3;2*1-5H2;4*1H3;4*1H;;;;;;/q;-2;;;4*-1;;;;;;;2*+2;;+4/p-3. The van der Waals surface area contributed by atoms with Gasteiger partial charge in [-0.15, -0.1) is 41.3 Å². The van der Waals surface area contributed by atoms with Crippen molar-refractivity contribution in [2.75, 3.05) is 0 Å². The number of fused-ring (bicyclic) bond motifs is 6. The van der Waals surface area contributed by atoms with Gasteiger partial charge in [0.15, 0.2) is 0 Å². The minimum absolute atomic E-state index is 0. The zero-order valence-corrected chi connectivity index (χ0v) is 91.2. The predicted molar refractivity (Wildman–Crippen MR) is 495 cm³/mol. The minimum Gasteiger partial charge on any atom is 0 e. The average molecular weight is 2450 g/mol. The first kappa shape index (κ1) is 106. The molecular weight excluding hydrogens is 2340 g/mol. The first-order valence-corrected chi connectivity index (χ1v) is 68.4. The molecule has 6 aromatic heterocycles. The van der Waals surface area contributed by atoms with E-state index in [1.165, 1.54) is 234 Å². The van der Waals surface area contributed by atoms with Crippen LogP contribution in [0, 0.1) is 41.8 Å². The maximum absolute atomic E-state index is 6.60. The first-order valence-electron chi connectivity index (χ1n) is 41.2. The summed E-state index contributed by atoms with van der Waals surface area (Å²) in [5, 5.41) is 4.62. The SMILES string of the molecule is C1CCCC1.C1CCCC1.CC(C)c1cc(C2CCCC2)cc(C(C)C)c1-[n+]1cc[n-]c1-c1[c-]c(Oc2[c-]c3c(cc2)c2ccccc2n3-c2ccccn2)ccc1.CC(C)c1cc(C2CCCC2)cc(C(C)C)c1-[n+]1cc[nH]c1-c1cccc(Oc2ccc3c4ccccc4n(-c4ccccn4)c3c2)c1.[CH3-].[CH3-].[CH3-].[CH3-].[Cl][Pt]([Cl])([Cl])[Cl].[K][K].[Os+2].[Os+2].[Pt]. The molecule has 20 heteroatoms. The van der Waals surface area contributed by atoms with Crippen molar-refractivity contribution in [3.8, 4) is 68.8 Å². The summed E-state index contributed by atoms with van der Waals surface area (Å²) < 4.78 is 22.1. The van der Waals surface area contributed by atoms with Gasteiger partial charge >= 0.3 is 152 Å². The van der Waals surface area contributed by atoms with Gasteiger partial charge < -0.3 is 48.3 Å². The zero-order chi connectivity index (χ0) is 79.1. The molecule has 120 heavy (non-hydrogen) atoms. The summed E-state index contributed by atoms with van der Waals surface area (Å²) in [7, 11) is 20.0. The van der Waals surface area contributed by atoms with Crippen molar-refractivity contribution in [1.29, 1.82) is 0 Å². The molecule has 4 aliphatic carbocycles. The van der Waals surface area contributed by atoms with Gasteiger partial charge in [-0.25, -0.2) is 15.0 Å². The smallest absolute Gasteiger partial charge is 0 e. The molecular formula is C100H115Cl4K2N8O2Os2Pt2-. The van der Waals surface area contributed by atoms with Crippen LogP contribution in [0.4, 0.5) is 0 Å². The molecule has 0 spiro atoms. The van der Waals surface area contributed by atoms with Gasteiger partial charge in [0.2, 0.25) is 0 Å². The third-order valence-corrected chi connectivity index (χ3v) is 22.4. The van der Waals surface area contributed by atoms with Crippen LogP contribution in [-0.2, 0) is 72.5 Å². The van der Waals surface area contributed by atoms with Crippen molar-refractivity contribution in [3.05, 3.63) is 294 Å². The molecule has 0 saturated heterocycles. The van der Waals surface area contributed by atoms with E-state index in [0.29, 0.717) is 47.0 Å². The van der Waals surface area contributed by atoms with Gasteiger partial charge in [0.1, 0.15) is 41.2 Å². The summed E-state index contributed by atoms with van der Waals surface area (Å²) in [5.41, 5.74) is 17.3. The van der Waals surface area contributed by atoms with Crippen LogP contribution in [-0.4, -0.2) is 87.2 Å². The number of aromatic nitrogens is 8. The Morgan fingerprint density at radius 3 is 1.38 bits per heavy atom. The van der Waals surface area contributed by atoms with Crippen molar-refractivity contribution in [3.63, 3.8) is 0 Å². The Morgan fingerprint density at radius 1 is 0.450 bits per heavy atom. The van der Waals surface area contributed by atoms with E-state index in [0.717, 1.165) is 78.7 Å². The van der Waals surface area contributed by atoms with Crippen LogP contribution in [0.3, 0.4) is 0 Å². The van der Waals surface area contributed by atoms with Gasteiger partial charge in [0.05, 0.1) is 22.4 Å². The second kappa shape index (κ2) is 51.1. The summed E-state index contributed by atoms with van der Waals surface area (Å²) >= 11 is -0.556. The fraction of sp³-hybridized carbons (Fsp3) is 0.320. The van der Waals surface area contributed by atoms with E-state index in [1.807, 2.05) is 85.5 Å². The van der Waals surface area contributed by atoms with Crippen molar-refractivity contribution < 1.29 is 91.2 Å². The number of imidazole rings is 2. The quantitative estimate of drug-likeness (QED) is 0.0591. The number of nitrogens with one attached hydrogen (secondary N) is 1. The number of benzene rings is 8. The summed E-state index contributed by atoms with van der Waals surface area (Å²) in [6.45, 7) is 18.5. The number of H-pyrrole nitrogens is 1. The predicted octanol–water partition coefficient (Wildman–Crippen LogP) is 29.2. The van der Waals surface area contributed by atoms with Crippen molar-refractivity contribution in [2.45, 2.75) is 206 Å². The summed E-state index contributed by atoms with van der Waals surface area (Å²) in [5.74, 6) is 9.34. The van der Waals surface area contributed by atoms with E-state index < -0.39 is 11.9 Å². The Morgan fingerprint density at radius 2 is 0.883 bits per heavy atom. The molecule has 0 radical (unpaired) electrons. The van der Waals surface area contributed by atoms with Crippen LogP contribution in [0.1, 0.15) is 240 Å². The molecule has 4 fully saturated rings. The molecule has 634 valence electrons. The molecule has 14 aromatic rings. The number of aromatic amines is 1. The Bertz CT molecular complexity index is 5070. The molecule has 6 heterocycles. The van der Waals surface area contributed by atoms with E-state index in [9.17, 15) is 0 Å². The molecule has 0 amide bonds. The first-order chi connectivity index (χ1) is 54.9. The fourth-order valence-electron chi connectivity index (χ4n) is 16.9. The maximum Gasteiger partial charge on any atom is 2.00 e. The number of nitrogens with zero attached hydrogens (tertiary/aromatic N) is 7. The second-order valence-corrected chi connectivity index (χ2v) is 51.0. The molecule has 4 saturated carbocycles. The number of para-hydroxylation sites is 2. The van der Waals surface area contributed by atoms with Crippen LogP contribution < -0.4 is 23.6 Å². The van der Waals surface area contributed by atoms with Gasteiger partial charge in [-0.05, 0) is 156 Å². The molecule has 0 unspecified atom stereocenters.